The van der Waals surface area contributed by atoms with Crippen LogP contribution in [0.3, 0.4) is 0 Å². The number of nitriles is 1. The maximum absolute atomic E-state index is 9.77. The van der Waals surface area contributed by atoms with Crippen molar-refractivity contribution in [2.45, 2.75) is 6.42 Å². The highest BCUT2D eigenvalue weighted by Crippen LogP contribution is 2.30. The Morgan fingerprint density at radius 1 is 1.03 bits per heavy atom. The summed E-state index contributed by atoms with van der Waals surface area (Å²) in [4.78, 5) is 4.63. The molecular formula is C26H23N3O2. The number of imidazole rings is 1. The number of fused-ring (bicyclic) bond motifs is 1. The molecule has 0 N–H and O–H groups in total. The predicted molar refractivity (Wildman–Crippen MR) is 123 cm³/mol. The highest BCUT2D eigenvalue weighted by atomic mass is 16.5. The van der Waals surface area contributed by atoms with Gasteiger partial charge in [0.2, 0.25) is 0 Å². The number of ether oxygens (including phenoxy) is 2. The summed E-state index contributed by atoms with van der Waals surface area (Å²) in [5, 5.41) is 9.77. The van der Waals surface area contributed by atoms with Crippen molar-refractivity contribution in [1.82, 2.24) is 9.55 Å². The molecule has 154 valence electrons. The van der Waals surface area contributed by atoms with E-state index in [4.69, 9.17) is 9.47 Å². The van der Waals surface area contributed by atoms with Crippen molar-refractivity contribution in [3.63, 3.8) is 0 Å². The minimum Gasteiger partial charge on any atom is -0.493 e. The van der Waals surface area contributed by atoms with Crippen LogP contribution in [0.4, 0.5) is 0 Å². The molecule has 3 aromatic carbocycles. The fourth-order valence-electron chi connectivity index (χ4n) is 3.52. The Hall–Kier alpha value is -4.04. The Labute approximate surface area is 181 Å². The number of benzene rings is 3. The van der Waals surface area contributed by atoms with Crippen LogP contribution in [0.5, 0.6) is 11.5 Å². The number of allylic oxidation sites excluding steroid dienone is 1. The van der Waals surface area contributed by atoms with Gasteiger partial charge in [-0.15, -0.1) is 0 Å². The van der Waals surface area contributed by atoms with Crippen molar-refractivity contribution in [3.8, 4) is 17.6 Å². The van der Waals surface area contributed by atoms with Crippen molar-refractivity contribution in [3.05, 3.63) is 89.7 Å². The smallest absolute Gasteiger partial charge is 0.161 e. The second kappa shape index (κ2) is 9.19. The molecule has 0 atom stereocenters. The molecule has 0 amide bonds. The summed E-state index contributed by atoms with van der Waals surface area (Å²) >= 11 is 0. The minimum absolute atomic E-state index is 0.485. The molecule has 1 aromatic heterocycles. The maximum atomic E-state index is 9.77. The van der Waals surface area contributed by atoms with E-state index >= 15 is 0 Å². The number of aryl methyl sites for hydroxylation is 1. The normalized spacial score (nSPS) is 11.3. The lowest BCUT2D eigenvalue weighted by atomic mass is 10.1. The largest absolute Gasteiger partial charge is 0.493 e. The second-order valence-corrected chi connectivity index (χ2v) is 7.15. The van der Waals surface area contributed by atoms with Gasteiger partial charge in [-0.2, -0.15) is 5.26 Å². The van der Waals surface area contributed by atoms with Crippen molar-refractivity contribution in [2.24, 2.45) is 7.05 Å². The van der Waals surface area contributed by atoms with Gasteiger partial charge in [0.05, 0.1) is 30.3 Å². The number of methoxy groups -OCH3 is 1. The standard InChI is InChI=1S/C26H23N3O2/c1-29-23-11-7-6-10-22(23)28-26(29)21(18-27)16-20-12-13-24(25(17-20)30-2)31-15-14-19-8-4-3-5-9-19/h3-13,16-17H,14-15H2,1-2H3/b21-16+. The first-order valence-electron chi connectivity index (χ1n) is 10.1. The topological polar surface area (TPSA) is 60.1 Å². The number of hydrogen-bond donors (Lipinski definition) is 0. The fourth-order valence-corrected chi connectivity index (χ4v) is 3.52. The lowest BCUT2D eigenvalue weighted by Gasteiger charge is -2.11. The van der Waals surface area contributed by atoms with Crippen LogP contribution >= 0.6 is 0 Å². The molecule has 0 saturated heterocycles. The molecule has 5 heteroatoms. The molecule has 5 nitrogen and oxygen atoms in total. The summed E-state index contributed by atoms with van der Waals surface area (Å²) in [6.45, 7) is 0.554. The first kappa shape index (κ1) is 20.2. The van der Waals surface area contributed by atoms with Crippen LogP contribution in [0.2, 0.25) is 0 Å². The molecule has 0 aliphatic heterocycles. The highest BCUT2D eigenvalue weighted by Gasteiger charge is 2.13. The molecule has 0 saturated carbocycles. The van der Waals surface area contributed by atoms with E-state index in [0.717, 1.165) is 23.0 Å². The minimum atomic E-state index is 0.485. The van der Waals surface area contributed by atoms with E-state index in [9.17, 15) is 5.26 Å². The molecule has 0 radical (unpaired) electrons. The first-order chi connectivity index (χ1) is 15.2. The van der Waals surface area contributed by atoms with E-state index in [2.05, 4.69) is 23.2 Å². The third kappa shape index (κ3) is 4.44. The van der Waals surface area contributed by atoms with Gasteiger partial charge < -0.3 is 14.0 Å². The van der Waals surface area contributed by atoms with Crippen molar-refractivity contribution in [1.29, 1.82) is 5.26 Å². The summed E-state index contributed by atoms with van der Waals surface area (Å²) in [5.74, 6) is 1.94. The quantitative estimate of drug-likeness (QED) is 0.390. The van der Waals surface area contributed by atoms with Gasteiger partial charge in [0.1, 0.15) is 6.07 Å². The van der Waals surface area contributed by atoms with Crippen LogP contribution in [0, 0.1) is 11.3 Å². The van der Waals surface area contributed by atoms with Gasteiger partial charge in [-0.25, -0.2) is 4.98 Å². The van der Waals surface area contributed by atoms with E-state index in [1.165, 1.54) is 5.56 Å². The first-order valence-corrected chi connectivity index (χ1v) is 10.1. The summed E-state index contributed by atoms with van der Waals surface area (Å²) in [7, 11) is 3.53. The van der Waals surface area contributed by atoms with Crippen LogP contribution in [-0.2, 0) is 13.5 Å². The lowest BCUT2D eigenvalue weighted by Crippen LogP contribution is -2.02. The summed E-state index contributed by atoms with van der Waals surface area (Å²) < 4.78 is 13.4. The van der Waals surface area contributed by atoms with Gasteiger partial charge in [-0.1, -0.05) is 48.5 Å². The van der Waals surface area contributed by atoms with Gasteiger partial charge in [0, 0.05) is 13.5 Å². The Morgan fingerprint density at radius 2 is 1.81 bits per heavy atom. The van der Waals surface area contributed by atoms with Gasteiger partial charge in [0.15, 0.2) is 17.3 Å². The van der Waals surface area contributed by atoms with Crippen molar-refractivity contribution in [2.75, 3.05) is 13.7 Å². The molecule has 31 heavy (non-hydrogen) atoms. The van der Waals surface area contributed by atoms with Crippen molar-refractivity contribution < 1.29 is 9.47 Å². The number of hydrogen-bond acceptors (Lipinski definition) is 4. The zero-order valence-electron chi connectivity index (χ0n) is 17.6. The summed E-state index contributed by atoms with van der Waals surface area (Å²) in [6.07, 6.45) is 2.63. The Kier molecular flexibility index (Phi) is 6.00. The van der Waals surface area contributed by atoms with Crippen LogP contribution in [0.25, 0.3) is 22.7 Å². The van der Waals surface area contributed by atoms with Gasteiger partial charge in [0.25, 0.3) is 0 Å². The number of rotatable bonds is 7. The number of aromatic nitrogens is 2. The average Bonchev–Trinajstić information content (AvgIpc) is 3.15. The average molecular weight is 409 g/mol. The molecule has 0 unspecified atom stereocenters. The van der Waals surface area contributed by atoms with Crippen molar-refractivity contribution >= 4 is 22.7 Å². The van der Waals surface area contributed by atoms with E-state index in [1.807, 2.05) is 78.4 Å². The number of nitrogens with zero attached hydrogens (tertiary/aromatic N) is 3. The predicted octanol–water partition coefficient (Wildman–Crippen LogP) is 5.27. The van der Waals surface area contributed by atoms with E-state index in [0.29, 0.717) is 29.5 Å². The molecule has 0 spiro atoms. The molecule has 0 bridgehead atoms. The van der Waals surface area contributed by atoms with Gasteiger partial charge in [-0.3, -0.25) is 0 Å². The lowest BCUT2D eigenvalue weighted by molar-refractivity contribution is 0.297. The second-order valence-electron chi connectivity index (χ2n) is 7.15. The molecule has 1 heterocycles. The van der Waals surface area contributed by atoms with E-state index in [1.54, 1.807) is 7.11 Å². The van der Waals surface area contributed by atoms with E-state index < -0.39 is 0 Å². The van der Waals surface area contributed by atoms with Crippen LogP contribution in [-0.4, -0.2) is 23.3 Å². The van der Waals surface area contributed by atoms with Crippen LogP contribution in [0.15, 0.2) is 72.8 Å². The Balaban J connectivity index is 1.56. The highest BCUT2D eigenvalue weighted by molar-refractivity contribution is 5.91. The SMILES string of the molecule is COc1cc(/C=C(\C#N)c2nc3ccccc3n2C)ccc1OCCc1ccccc1. The van der Waals surface area contributed by atoms with E-state index in [-0.39, 0.29) is 0 Å². The Bertz CT molecular complexity index is 1270. The zero-order valence-corrected chi connectivity index (χ0v) is 17.6. The summed E-state index contributed by atoms with van der Waals surface area (Å²) in [6, 6.07) is 26.0. The molecule has 0 fully saturated rings. The van der Waals surface area contributed by atoms with Gasteiger partial charge >= 0.3 is 0 Å². The fraction of sp³-hybridized carbons (Fsp3) is 0.154. The molecule has 0 aliphatic carbocycles. The third-order valence-electron chi connectivity index (χ3n) is 5.14. The molecule has 4 aromatic rings. The number of para-hydroxylation sites is 2. The molecule has 4 rings (SSSR count). The summed E-state index contributed by atoms with van der Waals surface area (Å²) in [5.41, 5.74) is 4.40. The van der Waals surface area contributed by atoms with Gasteiger partial charge in [-0.05, 0) is 41.5 Å². The molecular weight excluding hydrogens is 386 g/mol. The Morgan fingerprint density at radius 3 is 2.55 bits per heavy atom. The maximum Gasteiger partial charge on any atom is 0.161 e. The monoisotopic (exact) mass is 409 g/mol. The van der Waals surface area contributed by atoms with Crippen LogP contribution < -0.4 is 9.47 Å². The molecule has 0 aliphatic rings. The zero-order chi connectivity index (χ0) is 21.6. The van der Waals surface area contributed by atoms with Crippen LogP contribution in [0.1, 0.15) is 17.0 Å². The third-order valence-corrected chi connectivity index (χ3v) is 5.14.